The van der Waals surface area contributed by atoms with E-state index >= 15 is 0 Å². The van der Waals surface area contributed by atoms with E-state index in [-0.39, 0.29) is 12.2 Å². The van der Waals surface area contributed by atoms with E-state index < -0.39 is 0 Å². The van der Waals surface area contributed by atoms with Gasteiger partial charge in [-0.3, -0.25) is 9.78 Å². The molecule has 1 fully saturated rings. The number of Topliss-reactive ketones (excluding diaryl/α,β-unsaturated/α-hetero) is 1. The van der Waals surface area contributed by atoms with Crippen molar-refractivity contribution in [3.05, 3.63) is 63.4 Å². The molecule has 3 nitrogen and oxygen atoms in total. The van der Waals surface area contributed by atoms with E-state index in [0.717, 1.165) is 30.9 Å². The molecule has 1 aliphatic rings. The minimum Gasteiger partial charge on any atom is -0.306 e. The molecule has 1 aromatic carbocycles. The van der Waals surface area contributed by atoms with Crippen molar-refractivity contribution in [2.75, 3.05) is 20.1 Å². The Bertz CT molecular complexity index is 735. The summed E-state index contributed by atoms with van der Waals surface area (Å²) in [4.78, 5) is 19.6. The van der Waals surface area contributed by atoms with Crippen LogP contribution in [0.2, 0.25) is 10.0 Å². The number of hydrogen-bond acceptors (Lipinski definition) is 3. The molecule has 0 aliphatic carbocycles. The monoisotopic (exact) mass is 376 g/mol. The predicted octanol–water partition coefficient (Wildman–Crippen LogP) is 4.70. The zero-order valence-electron chi connectivity index (χ0n) is 14.3. The highest BCUT2D eigenvalue weighted by Gasteiger charge is 2.19. The number of benzene rings is 1. The Morgan fingerprint density at radius 3 is 2.36 bits per heavy atom. The second kappa shape index (κ2) is 8.31. The van der Waals surface area contributed by atoms with Crippen molar-refractivity contribution in [2.45, 2.75) is 25.7 Å². The number of nitrogens with zero attached hydrogens (tertiary/aromatic N) is 2. The summed E-state index contributed by atoms with van der Waals surface area (Å²) in [7, 11) is 2.17. The van der Waals surface area contributed by atoms with Crippen LogP contribution in [-0.4, -0.2) is 35.8 Å². The minimum atomic E-state index is -0.0976. The smallest absolute Gasteiger partial charge is 0.171 e. The molecule has 0 atom stereocenters. The molecule has 1 aliphatic heterocycles. The molecule has 25 heavy (non-hydrogen) atoms. The summed E-state index contributed by atoms with van der Waals surface area (Å²) in [5.74, 6) is 0.576. The lowest BCUT2D eigenvalue weighted by Crippen LogP contribution is -2.31. The van der Waals surface area contributed by atoms with Crippen molar-refractivity contribution < 1.29 is 4.79 Å². The normalized spacial score (nSPS) is 16.1. The summed E-state index contributed by atoms with van der Waals surface area (Å²) in [6.07, 6.45) is 3.60. The van der Waals surface area contributed by atoms with E-state index in [4.69, 9.17) is 28.2 Å². The van der Waals surface area contributed by atoms with Crippen molar-refractivity contribution >= 4 is 29.0 Å². The van der Waals surface area contributed by atoms with Crippen LogP contribution in [0.4, 0.5) is 0 Å². The van der Waals surface area contributed by atoms with Crippen LogP contribution in [0, 0.1) is 5.92 Å². The summed E-state index contributed by atoms with van der Waals surface area (Å²) >= 11 is 12.3. The molecule has 0 saturated carbocycles. The number of pyridine rings is 1. The highest BCUT2D eigenvalue weighted by atomic mass is 35.5. The van der Waals surface area contributed by atoms with E-state index in [9.17, 15) is 4.79 Å². The first-order valence-electron chi connectivity index (χ1n) is 8.63. The van der Waals surface area contributed by atoms with Crippen molar-refractivity contribution in [1.29, 1.82) is 0 Å². The van der Waals surface area contributed by atoms with Gasteiger partial charge >= 0.3 is 0 Å². The molecule has 0 radical (unpaired) electrons. The molecule has 3 rings (SSSR count). The third-order valence-corrected chi connectivity index (χ3v) is 5.41. The van der Waals surface area contributed by atoms with Crippen LogP contribution >= 0.6 is 23.2 Å². The number of ketones is 1. The van der Waals surface area contributed by atoms with Gasteiger partial charge in [0.05, 0.1) is 22.0 Å². The van der Waals surface area contributed by atoms with E-state index in [0.29, 0.717) is 21.5 Å². The second-order valence-corrected chi connectivity index (χ2v) is 7.58. The number of hydrogen-bond donors (Lipinski definition) is 0. The Balaban J connectivity index is 1.68. The molecule has 5 heteroatoms. The Labute approximate surface area is 159 Å². The van der Waals surface area contributed by atoms with Gasteiger partial charge in [-0.25, -0.2) is 0 Å². The minimum absolute atomic E-state index is 0.0976. The fourth-order valence-corrected chi connectivity index (χ4v) is 3.93. The molecule has 2 aromatic rings. The van der Waals surface area contributed by atoms with Crippen molar-refractivity contribution in [2.24, 2.45) is 5.92 Å². The van der Waals surface area contributed by atoms with Gasteiger partial charge in [0.2, 0.25) is 0 Å². The Hall–Kier alpha value is -1.42. The lowest BCUT2D eigenvalue weighted by Gasteiger charge is -2.28. The van der Waals surface area contributed by atoms with Crippen LogP contribution in [0.5, 0.6) is 0 Å². The molecule has 1 aromatic heterocycles. The van der Waals surface area contributed by atoms with E-state index in [1.165, 1.54) is 12.8 Å². The molecule has 132 valence electrons. The standard InChI is InChI=1S/C20H22Cl2N2O/c1-24-10-8-14(9-11-24)12-15-4-2-5-16(23-15)13-19(25)20-17(21)6-3-7-18(20)22/h2-7,14H,8-13H2,1H3. The zero-order valence-corrected chi connectivity index (χ0v) is 15.9. The molecule has 2 heterocycles. The number of halogens is 2. The SMILES string of the molecule is CN1CCC(Cc2cccc(CC(=O)c3c(Cl)cccc3Cl)n2)CC1. The van der Waals surface area contributed by atoms with Gasteiger partial charge in [-0.1, -0.05) is 35.3 Å². The number of carbonyl (C=O) groups is 1. The maximum absolute atomic E-state index is 12.6. The maximum Gasteiger partial charge on any atom is 0.171 e. The van der Waals surface area contributed by atoms with Crippen molar-refractivity contribution in [3.63, 3.8) is 0 Å². The van der Waals surface area contributed by atoms with E-state index in [1.54, 1.807) is 18.2 Å². The van der Waals surface area contributed by atoms with Crippen LogP contribution in [0.1, 0.15) is 34.6 Å². The Kier molecular flexibility index (Phi) is 6.10. The molecule has 0 amide bonds. The predicted molar refractivity (Wildman–Crippen MR) is 103 cm³/mol. The third-order valence-electron chi connectivity index (χ3n) is 4.78. The topological polar surface area (TPSA) is 33.2 Å². The Morgan fingerprint density at radius 2 is 1.68 bits per heavy atom. The number of likely N-dealkylation sites (tertiary alicyclic amines) is 1. The largest absolute Gasteiger partial charge is 0.306 e. The summed E-state index contributed by atoms with van der Waals surface area (Å²) in [6.45, 7) is 2.29. The highest BCUT2D eigenvalue weighted by Crippen LogP contribution is 2.26. The number of rotatable bonds is 5. The number of carbonyl (C=O) groups excluding carboxylic acids is 1. The van der Waals surface area contributed by atoms with Crippen molar-refractivity contribution in [1.82, 2.24) is 9.88 Å². The van der Waals surface area contributed by atoms with Crippen LogP contribution in [0.25, 0.3) is 0 Å². The van der Waals surface area contributed by atoms with Gasteiger partial charge in [-0.05, 0) is 69.6 Å². The zero-order chi connectivity index (χ0) is 17.8. The molecule has 0 unspecified atom stereocenters. The quantitative estimate of drug-likeness (QED) is 0.709. The molecular weight excluding hydrogens is 355 g/mol. The van der Waals surface area contributed by atoms with Gasteiger partial charge in [0, 0.05) is 11.4 Å². The Morgan fingerprint density at radius 1 is 1.08 bits per heavy atom. The van der Waals surface area contributed by atoms with Gasteiger partial charge in [0.15, 0.2) is 5.78 Å². The molecule has 1 saturated heterocycles. The highest BCUT2D eigenvalue weighted by molar-refractivity contribution is 6.39. The maximum atomic E-state index is 12.6. The van der Waals surface area contributed by atoms with E-state index in [1.807, 2.05) is 12.1 Å². The van der Waals surface area contributed by atoms with E-state index in [2.05, 4.69) is 18.0 Å². The lowest BCUT2D eigenvalue weighted by molar-refractivity contribution is 0.0992. The molecule has 0 spiro atoms. The van der Waals surface area contributed by atoms with Gasteiger partial charge in [0.1, 0.15) is 0 Å². The average molecular weight is 377 g/mol. The molecule has 0 N–H and O–H groups in total. The first-order valence-corrected chi connectivity index (χ1v) is 9.39. The first kappa shape index (κ1) is 18.4. The lowest BCUT2D eigenvalue weighted by atomic mass is 9.92. The van der Waals surface area contributed by atoms with Gasteiger partial charge in [0.25, 0.3) is 0 Å². The summed E-state index contributed by atoms with van der Waals surface area (Å²) < 4.78 is 0. The fraction of sp³-hybridized carbons (Fsp3) is 0.400. The second-order valence-electron chi connectivity index (χ2n) is 6.77. The van der Waals surface area contributed by atoms with Gasteiger partial charge in [-0.2, -0.15) is 0 Å². The fourth-order valence-electron chi connectivity index (χ4n) is 3.32. The molecule has 0 bridgehead atoms. The summed E-state index contributed by atoms with van der Waals surface area (Å²) in [6, 6.07) is 11.0. The number of piperidine rings is 1. The van der Waals surface area contributed by atoms with Crippen LogP contribution < -0.4 is 0 Å². The van der Waals surface area contributed by atoms with Crippen LogP contribution in [0.3, 0.4) is 0 Å². The van der Waals surface area contributed by atoms with Crippen LogP contribution in [0.15, 0.2) is 36.4 Å². The first-order chi connectivity index (χ1) is 12.0. The third kappa shape index (κ3) is 4.81. The van der Waals surface area contributed by atoms with Crippen LogP contribution in [-0.2, 0) is 12.8 Å². The van der Waals surface area contributed by atoms with Gasteiger partial charge < -0.3 is 4.90 Å². The molecular formula is C20H22Cl2N2O. The van der Waals surface area contributed by atoms with Gasteiger partial charge in [-0.15, -0.1) is 0 Å². The van der Waals surface area contributed by atoms with Crippen molar-refractivity contribution in [3.8, 4) is 0 Å². The summed E-state index contributed by atoms with van der Waals surface area (Å²) in [5, 5.41) is 0.778. The number of aromatic nitrogens is 1. The summed E-state index contributed by atoms with van der Waals surface area (Å²) in [5.41, 5.74) is 2.21. The average Bonchev–Trinajstić information content (AvgIpc) is 2.57.